The van der Waals surface area contributed by atoms with Gasteiger partial charge in [-0.25, -0.2) is 13.1 Å². The number of hydrogen-bond acceptors (Lipinski definition) is 5. The summed E-state index contributed by atoms with van der Waals surface area (Å²) in [6.07, 6.45) is 0.442. The second kappa shape index (κ2) is 4.59. The molecule has 1 aromatic heterocycles. The molecule has 0 radical (unpaired) electrons. The van der Waals surface area contributed by atoms with E-state index in [1.807, 2.05) is 0 Å². The Morgan fingerprint density at radius 2 is 2.22 bits per heavy atom. The molecule has 1 saturated heterocycles. The predicted octanol–water partition coefficient (Wildman–Crippen LogP) is -0.926. The van der Waals surface area contributed by atoms with Crippen LogP contribution in [0.15, 0.2) is 9.63 Å². The van der Waals surface area contributed by atoms with Crippen molar-refractivity contribution in [1.82, 2.24) is 19.3 Å². The second-order valence-electron chi connectivity index (χ2n) is 4.06. The van der Waals surface area contributed by atoms with E-state index >= 15 is 0 Å². The molecule has 2 N–H and O–H groups in total. The maximum absolute atomic E-state index is 12.3. The summed E-state index contributed by atoms with van der Waals surface area (Å²) < 4.78 is 27.3. The molecule has 2 heterocycles. The molecule has 8 nitrogen and oxygen atoms in total. The summed E-state index contributed by atoms with van der Waals surface area (Å²) in [5.74, 6) is -0.908. The first-order chi connectivity index (χ1) is 8.34. The molecule has 1 aliphatic rings. The van der Waals surface area contributed by atoms with Gasteiger partial charge in [0.2, 0.25) is 10.9 Å². The molecule has 0 bridgehead atoms. The smallest absolute Gasteiger partial charge is 0.263 e. The van der Waals surface area contributed by atoms with Crippen molar-refractivity contribution in [2.75, 3.05) is 13.1 Å². The fourth-order valence-corrected chi connectivity index (χ4v) is 4.43. The van der Waals surface area contributed by atoms with E-state index in [1.165, 1.54) is 16.0 Å². The summed E-state index contributed by atoms with van der Waals surface area (Å²) in [5, 5.41) is 7.25. The Hall–Kier alpha value is -1.00. The lowest BCUT2D eigenvalue weighted by atomic mass is 10.1. The maximum Gasteiger partial charge on any atom is 0.263 e. The van der Waals surface area contributed by atoms with Gasteiger partial charge in [-0.05, 0) is 22.4 Å². The minimum Gasteiger partial charge on any atom is -0.369 e. The normalized spacial score (nSPS) is 21.3. The number of halogens is 1. The Kier molecular flexibility index (Phi) is 3.43. The van der Waals surface area contributed by atoms with E-state index in [4.69, 9.17) is 5.73 Å². The molecule has 100 valence electrons. The number of carbonyl (C=O) groups excluding carboxylic acids is 1. The third kappa shape index (κ3) is 2.15. The minimum absolute atomic E-state index is 0.0207. The van der Waals surface area contributed by atoms with E-state index < -0.39 is 21.8 Å². The Bertz CT molecular complexity index is 564. The van der Waals surface area contributed by atoms with Crippen LogP contribution in [0.4, 0.5) is 0 Å². The topological polar surface area (TPSA) is 111 Å². The van der Waals surface area contributed by atoms with Crippen molar-refractivity contribution in [3.8, 4) is 0 Å². The van der Waals surface area contributed by atoms with Crippen LogP contribution in [0, 0.1) is 5.92 Å². The summed E-state index contributed by atoms with van der Waals surface area (Å²) in [5.41, 5.74) is 5.18. The molecule has 2 rings (SSSR count). The van der Waals surface area contributed by atoms with Gasteiger partial charge in [0.25, 0.3) is 10.0 Å². The van der Waals surface area contributed by atoms with Gasteiger partial charge >= 0.3 is 0 Å². The van der Waals surface area contributed by atoms with E-state index in [2.05, 4.69) is 26.2 Å². The lowest BCUT2D eigenvalue weighted by Gasteiger charge is -2.15. The fourth-order valence-electron chi connectivity index (χ4n) is 1.90. The summed E-state index contributed by atoms with van der Waals surface area (Å²) in [6, 6.07) is 0. The van der Waals surface area contributed by atoms with E-state index in [0.717, 1.165) is 0 Å². The van der Waals surface area contributed by atoms with Crippen LogP contribution in [0.5, 0.6) is 0 Å². The van der Waals surface area contributed by atoms with Crippen molar-refractivity contribution < 1.29 is 13.2 Å². The number of sulfonamides is 1. The number of amides is 1. The number of nitrogens with zero attached hydrogens (tertiary/aromatic N) is 4. The number of rotatable bonds is 3. The van der Waals surface area contributed by atoms with E-state index in [0.29, 0.717) is 6.42 Å². The molecule has 1 amide bonds. The van der Waals surface area contributed by atoms with Gasteiger partial charge in [-0.2, -0.15) is 4.31 Å². The molecule has 1 atom stereocenters. The van der Waals surface area contributed by atoms with E-state index in [1.54, 1.807) is 0 Å². The highest BCUT2D eigenvalue weighted by Gasteiger charge is 2.37. The monoisotopic (exact) mass is 337 g/mol. The Morgan fingerprint density at radius 3 is 2.67 bits per heavy atom. The molecule has 0 spiro atoms. The summed E-state index contributed by atoms with van der Waals surface area (Å²) in [6.45, 7) is 0.378. The van der Waals surface area contributed by atoms with Gasteiger partial charge in [0.1, 0.15) is 0 Å². The predicted molar refractivity (Wildman–Crippen MR) is 64.8 cm³/mol. The SMILES string of the molecule is Cn1nnc(Br)c1S(=O)(=O)N1CCC(C(N)=O)C1. The van der Waals surface area contributed by atoms with Crippen LogP contribution in [0.2, 0.25) is 0 Å². The van der Waals surface area contributed by atoms with Crippen LogP contribution in [-0.4, -0.2) is 46.7 Å². The molecule has 1 unspecified atom stereocenters. The highest BCUT2D eigenvalue weighted by Crippen LogP contribution is 2.27. The number of primary amides is 1. The molecule has 0 aromatic carbocycles. The summed E-state index contributed by atoms with van der Waals surface area (Å²) >= 11 is 3.05. The van der Waals surface area contributed by atoms with Crippen molar-refractivity contribution in [3.63, 3.8) is 0 Å². The third-order valence-electron chi connectivity index (χ3n) is 2.87. The number of aryl methyl sites for hydroxylation is 1. The zero-order valence-corrected chi connectivity index (χ0v) is 12.0. The number of hydrogen-bond donors (Lipinski definition) is 1. The van der Waals surface area contributed by atoms with Crippen LogP contribution in [0.25, 0.3) is 0 Å². The van der Waals surface area contributed by atoms with Crippen LogP contribution in [-0.2, 0) is 21.9 Å². The fraction of sp³-hybridized carbons (Fsp3) is 0.625. The highest BCUT2D eigenvalue weighted by atomic mass is 79.9. The Labute approximate surface area is 112 Å². The quantitative estimate of drug-likeness (QED) is 0.766. The first kappa shape index (κ1) is 13.4. The van der Waals surface area contributed by atoms with Crippen LogP contribution >= 0.6 is 15.9 Å². The van der Waals surface area contributed by atoms with Gasteiger partial charge in [-0.3, -0.25) is 4.79 Å². The molecular weight excluding hydrogens is 326 g/mol. The Morgan fingerprint density at radius 1 is 1.56 bits per heavy atom. The molecule has 18 heavy (non-hydrogen) atoms. The zero-order chi connectivity index (χ0) is 13.5. The summed E-state index contributed by atoms with van der Waals surface area (Å²) in [7, 11) is -2.21. The van der Waals surface area contributed by atoms with E-state index in [-0.39, 0.29) is 22.7 Å². The molecule has 1 aliphatic heterocycles. The van der Waals surface area contributed by atoms with Crippen LogP contribution < -0.4 is 5.73 Å². The first-order valence-corrected chi connectivity index (χ1v) is 7.42. The molecule has 1 aromatic rings. The van der Waals surface area contributed by atoms with Crippen LogP contribution in [0.1, 0.15) is 6.42 Å². The maximum atomic E-state index is 12.3. The molecule has 10 heteroatoms. The van der Waals surface area contributed by atoms with Gasteiger partial charge in [-0.15, -0.1) is 5.10 Å². The van der Waals surface area contributed by atoms with Crippen molar-refractivity contribution in [2.24, 2.45) is 18.7 Å². The Balaban J connectivity index is 2.32. The zero-order valence-electron chi connectivity index (χ0n) is 9.58. The number of carbonyl (C=O) groups is 1. The van der Waals surface area contributed by atoms with Crippen molar-refractivity contribution >= 4 is 31.9 Å². The van der Waals surface area contributed by atoms with E-state index in [9.17, 15) is 13.2 Å². The third-order valence-corrected chi connectivity index (χ3v) is 5.63. The highest BCUT2D eigenvalue weighted by molar-refractivity contribution is 9.10. The number of aromatic nitrogens is 3. The second-order valence-corrected chi connectivity index (χ2v) is 6.66. The standard InChI is InChI=1S/C8H12BrN5O3S/c1-13-8(6(9)11-12-13)18(16,17)14-3-2-5(4-14)7(10)15/h5H,2-4H2,1H3,(H2,10,15). The van der Waals surface area contributed by atoms with Gasteiger partial charge in [0.05, 0.1) is 5.92 Å². The summed E-state index contributed by atoms with van der Waals surface area (Å²) in [4.78, 5) is 11.1. The van der Waals surface area contributed by atoms with Crippen molar-refractivity contribution in [2.45, 2.75) is 11.4 Å². The van der Waals surface area contributed by atoms with Crippen LogP contribution in [0.3, 0.4) is 0 Å². The lowest BCUT2D eigenvalue weighted by Crippen LogP contribution is -2.33. The molecule has 0 aliphatic carbocycles. The average molecular weight is 338 g/mol. The lowest BCUT2D eigenvalue weighted by molar-refractivity contribution is -0.121. The largest absolute Gasteiger partial charge is 0.369 e. The van der Waals surface area contributed by atoms with Crippen molar-refractivity contribution in [1.29, 1.82) is 0 Å². The van der Waals surface area contributed by atoms with Crippen molar-refractivity contribution in [3.05, 3.63) is 4.60 Å². The number of nitrogens with two attached hydrogens (primary N) is 1. The molecule has 1 fully saturated rings. The molecule has 0 saturated carbocycles. The van der Waals surface area contributed by atoms with Gasteiger partial charge in [0.15, 0.2) is 4.60 Å². The minimum atomic E-state index is -3.71. The van der Waals surface area contributed by atoms with Gasteiger partial charge in [0, 0.05) is 20.1 Å². The molecular formula is C8H12BrN5O3S. The first-order valence-electron chi connectivity index (χ1n) is 5.18. The average Bonchev–Trinajstić information content (AvgIpc) is 2.85. The van der Waals surface area contributed by atoms with Gasteiger partial charge < -0.3 is 5.73 Å². The van der Waals surface area contributed by atoms with Gasteiger partial charge in [-0.1, -0.05) is 5.21 Å².